The summed E-state index contributed by atoms with van der Waals surface area (Å²) in [6, 6.07) is 7.39. The van der Waals surface area contributed by atoms with Gasteiger partial charge in [-0.3, -0.25) is 4.90 Å². The van der Waals surface area contributed by atoms with Gasteiger partial charge < -0.3 is 4.74 Å². The molecule has 0 aliphatic heterocycles. The summed E-state index contributed by atoms with van der Waals surface area (Å²) in [6.45, 7) is 6.76. The first-order valence-electron chi connectivity index (χ1n) is 6.66. The summed E-state index contributed by atoms with van der Waals surface area (Å²) >= 11 is 5.10. The van der Waals surface area contributed by atoms with Crippen molar-refractivity contribution < 1.29 is 18.3 Å². The van der Waals surface area contributed by atoms with Gasteiger partial charge in [-0.1, -0.05) is 42.5 Å². The molecule has 22 heavy (non-hydrogen) atoms. The average molecular weight is 330 g/mol. The third-order valence-corrected chi connectivity index (χ3v) is 3.16. The molecule has 1 atom stereocenters. The highest BCUT2D eigenvalue weighted by Gasteiger charge is 2.42. The van der Waals surface area contributed by atoms with Gasteiger partial charge in [0.25, 0.3) is 0 Å². The number of halogens is 3. The van der Waals surface area contributed by atoms with Crippen LogP contribution in [0.5, 0.6) is 0 Å². The Hall–Kier alpha value is -1.88. The summed E-state index contributed by atoms with van der Waals surface area (Å²) in [5.74, 6) is 0. The van der Waals surface area contributed by atoms with E-state index in [-0.39, 0.29) is 19.6 Å². The Labute approximate surface area is 133 Å². The second kappa shape index (κ2) is 8.54. The van der Waals surface area contributed by atoms with Gasteiger partial charge in [0.05, 0.1) is 0 Å². The number of nitrogens with zero attached hydrogens (tertiary/aromatic N) is 1. The van der Waals surface area contributed by atoms with E-state index in [1.807, 2.05) is 6.07 Å². The van der Waals surface area contributed by atoms with Gasteiger partial charge in [-0.05, 0) is 23.6 Å². The van der Waals surface area contributed by atoms with Crippen LogP contribution in [0.1, 0.15) is 12.0 Å². The standard InChI is InChI=1S/C16H18ClF2NO2/c1-3-8-14(16(17,18)19)20(11-4-2)15(21)22-12-13-9-6-5-7-10-13/h3-7,9-10,14H,1-2,8,11-12H2. The molecule has 0 radical (unpaired) electrons. The third-order valence-electron chi connectivity index (χ3n) is 2.91. The van der Waals surface area contributed by atoms with Crippen LogP contribution in [0.4, 0.5) is 13.6 Å². The number of carbonyl (C=O) groups excluding carboxylic acids is 1. The Morgan fingerprint density at radius 3 is 2.45 bits per heavy atom. The van der Waals surface area contributed by atoms with E-state index in [0.29, 0.717) is 0 Å². The van der Waals surface area contributed by atoms with Gasteiger partial charge in [0.15, 0.2) is 0 Å². The van der Waals surface area contributed by atoms with E-state index in [9.17, 15) is 13.6 Å². The number of hydrogen-bond acceptors (Lipinski definition) is 2. The number of alkyl halides is 3. The Morgan fingerprint density at radius 2 is 1.95 bits per heavy atom. The zero-order valence-electron chi connectivity index (χ0n) is 12.1. The fourth-order valence-electron chi connectivity index (χ4n) is 1.87. The van der Waals surface area contributed by atoms with E-state index < -0.39 is 17.5 Å². The molecule has 1 unspecified atom stereocenters. The monoisotopic (exact) mass is 329 g/mol. The molecule has 0 saturated carbocycles. The van der Waals surface area contributed by atoms with Gasteiger partial charge in [0.2, 0.25) is 0 Å². The maximum absolute atomic E-state index is 13.5. The molecule has 1 aromatic rings. The highest BCUT2D eigenvalue weighted by atomic mass is 35.5. The number of ether oxygens (including phenoxy) is 1. The van der Waals surface area contributed by atoms with Crippen LogP contribution in [-0.4, -0.2) is 29.0 Å². The van der Waals surface area contributed by atoms with E-state index in [1.54, 1.807) is 24.3 Å². The molecule has 1 aromatic carbocycles. The summed E-state index contributed by atoms with van der Waals surface area (Å²) in [4.78, 5) is 13.0. The van der Waals surface area contributed by atoms with Crippen molar-refractivity contribution in [3.8, 4) is 0 Å². The molecule has 1 rings (SSSR count). The largest absolute Gasteiger partial charge is 0.445 e. The van der Waals surface area contributed by atoms with Crippen LogP contribution in [-0.2, 0) is 11.3 Å². The topological polar surface area (TPSA) is 29.5 Å². The van der Waals surface area contributed by atoms with Crippen LogP contribution in [0.15, 0.2) is 55.6 Å². The second-order valence-electron chi connectivity index (χ2n) is 4.56. The zero-order valence-corrected chi connectivity index (χ0v) is 12.8. The number of rotatable bonds is 8. The van der Waals surface area contributed by atoms with Gasteiger partial charge in [0.1, 0.15) is 12.6 Å². The normalized spacial score (nSPS) is 12.3. The first-order valence-corrected chi connectivity index (χ1v) is 7.03. The zero-order chi connectivity index (χ0) is 16.6. The lowest BCUT2D eigenvalue weighted by Crippen LogP contribution is -2.48. The van der Waals surface area contributed by atoms with Gasteiger partial charge in [0, 0.05) is 6.54 Å². The highest BCUT2D eigenvalue weighted by Crippen LogP contribution is 2.30. The highest BCUT2D eigenvalue weighted by molar-refractivity contribution is 6.22. The smallest absolute Gasteiger partial charge is 0.410 e. The third kappa shape index (κ3) is 5.48. The van der Waals surface area contributed by atoms with Crippen molar-refractivity contribution in [3.63, 3.8) is 0 Å². The number of amides is 1. The molecular formula is C16H18ClF2NO2. The summed E-state index contributed by atoms with van der Waals surface area (Å²) in [5, 5.41) is -3.59. The summed E-state index contributed by atoms with van der Waals surface area (Å²) in [6.07, 6.45) is 1.57. The fraction of sp³-hybridized carbons (Fsp3) is 0.312. The molecule has 0 spiro atoms. The molecule has 0 aromatic heterocycles. The van der Waals surface area contributed by atoms with Gasteiger partial charge >= 0.3 is 11.5 Å². The maximum atomic E-state index is 13.5. The van der Waals surface area contributed by atoms with Crippen LogP contribution < -0.4 is 0 Å². The Bertz CT molecular complexity index is 503. The van der Waals surface area contributed by atoms with Crippen LogP contribution in [0.25, 0.3) is 0 Å². The summed E-state index contributed by atoms with van der Waals surface area (Å²) in [5.41, 5.74) is 0.757. The van der Waals surface area contributed by atoms with Gasteiger partial charge in [-0.25, -0.2) is 4.79 Å². The second-order valence-corrected chi connectivity index (χ2v) is 5.07. The molecular weight excluding hydrogens is 312 g/mol. The number of benzene rings is 1. The predicted molar refractivity (Wildman–Crippen MR) is 82.9 cm³/mol. The van der Waals surface area contributed by atoms with Crippen LogP contribution in [0.2, 0.25) is 0 Å². The van der Waals surface area contributed by atoms with E-state index in [4.69, 9.17) is 16.3 Å². The molecule has 0 fully saturated rings. The molecule has 6 heteroatoms. The minimum Gasteiger partial charge on any atom is -0.445 e. The lowest BCUT2D eigenvalue weighted by atomic mass is 10.2. The van der Waals surface area contributed by atoms with Crippen molar-refractivity contribution in [1.29, 1.82) is 0 Å². The van der Waals surface area contributed by atoms with E-state index >= 15 is 0 Å². The van der Waals surface area contributed by atoms with Crippen molar-refractivity contribution in [1.82, 2.24) is 4.90 Å². The Morgan fingerprint density at radius 1 is 1.32 bits per heavy atom. The number of hydrogen-bond donors (Lipinski definition) is 0. The lowest BCUT2D eigenvalue weighted by Gasteiger charge is -2.32. The van der Waals surface area contributed by atoms with E-state index in [2.05, 4.69) is 13.2 Å². The van der Waals surface area contributed by atoms with Crippen LogP contribution in [0.3, 0.4) is 0 Å². The quantitative estimate of drug-likeness (QED) is 0.516. The average Bonchev–Trinajstić information content (AvgIpc) is 2.48. The molecule has 1 amide bonds. The lowest BCUT2D eigenvalue weighted by molar-refractivity contribution is -0.00940. The summed E-state index contributed by atoms with van der Waals surface area (Å²) in [7, 11) is 0. The van der Waals surface area contributed by atoms with Crippen molar-refractivity contribution >= 4 is 17.7 Å². The van der Waals surface area contributed by atoms with Crippen LogP contribution in [0, 0.1) is 0 Å². The Balaban J connectivity index is 2.81. The van der Waals surface area contributed by atoms with Crippen molar-refractivity contribution in [2.45, 2.75) is 24.5 Å². The van der Waals surface area contributed by atoms with Crippen molar-refractivity contribution in [3.05, 3.63) is 61.2 Å². The first-order chi connectivity index (χ1) is 10.4. The Kier molecular flexibility index (Phi) is 7.05. The SMILES string of the molecule is C=CCC(N(CC=C)C(=O)OCc1ccccc1)C(F)(F)Cl. The van der Waals surface area contributed by atoms with Crippen molar-refractivity contribution in [2.24, 2.45) is 0 Å². The molecule has 120 valence electrons. The van der Waals surface area contributed by atoms with E-state index in [0.717, 1.165) is 10.5 Å². The molecule has 0 bridgehead atoms. The van der Waals surface area contributed by atoms with Gasteiger partial charge in [-0.2, -0.15) is 8.78 Å². The predicted octanol–water partition coefficient (Wildman–Crippen LogP) is 4.59. The minimum absolute atomic E-state index is 0.0119. The molecule has 0 heterocycles. The molecule has 0 N–H and O–H groups in total. The minimum atomic E-state index is -3.59. The molecule has 0 aliphatic carbocycles. The maximum Gasteiger partial charge on any atom is 0.410 e. The van der Waals surface area contributed by atoms with Gasteiger partial charge in [-0.15, -0.1) is 13.2 Å². The van der Waals surface area contributed by atoms with Crippen LogP contribution >= 0.6 is 11.6 Å². The molecule has 0 saturated heterocycles. The fourth-order valence-corrected chi connectivity index (χ4v) is 2.07. The number of carbonyl (C=O) groups is 1. The first kappa shape index (κ1) is 18.2. The van der Waals surface area contributed by atoms with E-state index in [1.165, 1.54) is 12.2 Å². The van der Waals surface area contributed by atoms with Crippen molar-refractivity contribution in [2.75, 3.05) is 6.54 Å². The molecule has 3 nitrogen and oxygen atoms in total. The summed E-state index contributed by atoms with van der Waals surface area (Å²) < 4.78 is 32.1. The molecule has 0 aliphatic rings.